The number of Topliss-reactive ketones (excluding diaryl/α,β-unsaturated/α-hetero) is 1. The molecule has 4 rings (SSSR count). The number of para-hydroxylation sites is 2. The van der Waals surface area contributed by atoms with E-state index >= 15 is 0 Å². The maximum Gasteiger partial charge on any atom is 0.142 e. The Balaban J connectivity index is 1.19. The topological polar surface area (TPSA) is 42.0 Å². The smallest absolute Gasteiger partial charge is 0.142 e. The lowest BCUT2D eigenvalue weighted by Crippen LogP contribution is -2.31. The lowest BCUT2D eigenvalue weighted by atomic mass is 9.91. The first kappa shape index (κ1) is 23.6. The van der Waals surface area contributed by atoms with Gasteiger partial charge >= 0.3 is 0 Å². The van der Waals surface area contributed by atoms with Crippen LogP contribution in [0.1, 0.15) is 50.7 Å². The van der Waals surface area contributed by atoms with E-state index in [4.69, 9.17) is 9.47 Å². The summed E-state index contributed by atoms with van der Waals surface area (Å²) in [7, 11) is 0. The van der Waals surface area contributed by atoms with Crippen molar-refractivity contribution in [3.63, 3.8) is 0 Å². The Morgan fingerprint density at radius 3 is 2.70 bits per heavy atom. The highest BCUT2D eigenvalue weighted by atomic mass is 16.5. The zero-order chi connectivity index (χ0) is 23.0. The van der Waals surface area contributed by atoms with Gasteiger partial charge in [0.05, 0.1) is 18.4 Å². The normalized spacial score (nSPS) is 17.1. The third kappa shape index (κ3) is 6.73. The van der Waals surface area contributed by atoms with Crippen molar-refractivity contribution in [2.45, 2.75) is 58.5 Å². The average molecular weight is 451 g/mol. The summed E-state index contributed by atoms with van der Waals surface area (Å²) < 4.78 is 12.0. The molecule has 0 bridgehead atoms. The molecule has 5 heteroatoms. The number of nitrogens with zero attached hydrogens (tertiary/aromatic N) is 2. The second-order valence-corrected chi connectivity index (χ2v) is 9.52. The Bertz CT molecular complexity index is 927. The number of hydrogen-bond donors (Lipinski definition) is 0. The fourth-order valence-electron chi connectivity index (χ4n) is 4.81. The SMILES string of the molecule is CC(C)Oc1ccccc1N1CCCN(CCCCOc2ccc3c(c2)CC(=O)CC3)CC1. The lowest BCUT2D eigenvalue weighted by Gasteiger charge is -2.26. The van der Waals surface area contributed by atoms with E-state index in [0.717, 1.165) is 75.7 Å². The number of ether oxygens (including phenoxy) is 2. The van der Waals surface area contributed by atoms with Crippen molar-refractivity contribution in [2.75, 3.05) is 44.2 Å². The minimum Gasteiger partial charge on any atom is -0.494 e. The van der Waals surface area contributed by atoms with Gasteiger partial charge in [0.15, 0.2) is 0 Å². The van der Waals surface area contributed by atoms with Crippen molar-refractivity contribution in [2.24, 2.45) is 0 Å². The molecule has 1 heterocycles. The minimum absolute atomic E-state index is 0.181. The molecule has 1 saturated heterocycles. The molecule has 2 aliphatic rings. The lowest BCUT2D eigenvalue weighted by molar-refractivity contribution is -0.118. The van der Waals surface area contributed by atoms with Gasteiger partial charge in [-0.2, -0.15) is 0 Å². The number of aryl methyl sites for hydroxylation is 1. The van der Waals surface area contributed by atoms with Gasteiger partial charge in [-0.15, -0.1) is 0 Å². The molecule has 0 N–H and O–H groups in total. The van der Waals surface area contributed by atoms with Crippen molar-refractivity contribution in [1.82, 2.24) is 4.90 Å². The number of anilines is 1. The number of fused-ring (bicyclic) bond motifs is 1. The molecular weight excluding hydrogens is 412 g/mol. The highest BCUT2D eigenvalue weighted by Gasteiger charge is 2.18. The van der Waals surface area contributed by atoms with Gasteiger partial charge in [-0.05, 0) is 88.0 Å². The number of hydrogen-bond acceptors (Lipinski definition) is 5. The van der Waals surface area contributed by atoms with Crippen LogP contribution in [-0.4, -0.2) is 56.1 Å². The van der Waals surface area contributed by atoms with Crippen LogP contribution in [0, 0.1) is 0 Å². The van der Waals surface area contributed by atoms with Gasteiger partial charge in [-0.1, -0.05) is 18.2 Å². The van der Waals surface area contributed by atoms with Crippen LogP contribution in [0.5, 0.6) is 11.5 Å². The average Bonchev–Trinajstić information content (AvgIpc) is 3.04. The molecule has 0 spiro atoms. The van der Waals surface area contributed by atoms with Crippen LogP contribution in [0.2, 0.25) is 0 Å². The van der Waals surface area contributed by atoms with Crippen LogP contribution in [0.3, 0.4) is 0 Å². The van der Waals surface area contributed by atoms with Gasteiger partial charge < -0.3 is 19.3 Å². The Hall–Kier alpha value is -2.53. The number of benzene rings is 2. The highest BCUT2D eigenvalue weighted by molar-refractivity contribution is 5.83. The molecule has 0 atom stereocenters. The molecule has 5 nitrogen and oxygen atoms in total. The van der Waals surface area contributed by atoms with Crippen molar-refractivity contribution in [3.8, 4) is 11.5 Å². The van der Waals surface area contributed by atoms with Crippen molar-refractivity contribution < 1.29 is 14.3 Å². The molecule has 1 aliphatic carbocycles. The molecule has 2 aromatic carbocycles. The van der Waals surface area contributed by atoms with Gasteiger partial charge in [0.2, 0.25) is 0 Å². The molecule has 33 heavy (non-hydrogen) atoms. The Morgan fingerprint density at radius 1 is 0.939 bits per heavy atom. The van der Waals surface area contributed by atoms with Crippen molar-refractivity contribution in [3.05, 3.63) is 53.6 Å². The van der Waals surface area contributed by atoms with Gasteiger partial charge in [0.1, 0.15) is 17.3 Å². The first-order valence-corrected chi connectivity index (χ1v) is 12.6. The van der Waals surface area contributed by atoms with E-state index in [-0.39, 0.29) is 6.10 Å². The summed E-state index contributed by atoms with van der Waals surface area (Å²) in [4.78, 5) is 16.8. The maximum atomic E-state index is 11.7. The van der Waals surface area contributed by atoms with Gasteiger partial charge in [-0.3, -0.25) is 4.79 Å². The zero-order valence-electron chi connectivity index (χ0n) is 20.2. The summed E-state index contributed by atoms with van der Waals surface area (Å²) >= 11 is 0. The van der Waals surface area contributed by atoms with Crippen molar-refractivity contribution >= 4 is 11.5 Å². The standard InChI is InChI=1S/C28H38N2O3/c1-22(2)33-28-9-4-3-8-27(28)30-16-7-15-29(17-18-30)14-5-6-19-32-26-13-11-23-10-12-25(31)20-24(23)21-26/h3-4,8-9,11,13,21-22H,5-7,10,12,14-20H2,1-2H3. The molecule has 0 radical (unpaired) electrons. The van der Waals surface area contributed by atoms with E-state index in [0.29, 0.717) is 18.6 Å². The summed E-state index contributed by atoms with van der Waals surface area (Å²) in [5.74, 6) is 2.23. The van der Waals surface area contributed by atoms with E-state index in [1.807, 2.05) is 0 Å². The first-order valence-electron chi connectivity index (χ1n) is 12.6. The van der Waals surface area contributed by atoms with Gasteiger partial charge in [0.25, 0.3) is 0 Å². The fourth-order valence-corrected chi connectivity index (χ4v) is 4.81. The predicted octanol–water partition coefficient (Wildman–Crippen LogP) is 4.90. The van der Waals surface area contributed by atoms with Crippen molar-refractivity contribution in [1.29, 1.82) is 0 Å². The van der Waals surface area contributed by atoms with Crippen LogP contribution >= 0.6 is 0 Å². The number of unbranched alkanes of at least 4 members (excludes halogenated alkanes) is 1. The number of carbonyl (C=O) groups is 1. The molecule has 1 aliphatic heterocycles. The van der Waals surface area contributed by atoms with E-state index in [1.165, 1.54) is 17.7 Å². The third-order valence-corrected chi connectivity index (χ3v) is 6.53. The van der Waals surface area contributed by atoms with Gasteiger partial charge in [0, 0.05) is 32.5 Å². The highest BCUT2D eigenvalue weighted by Crippen LogP contribution is 2.30. The van der Waals surface area contributed by atoms with Crippen LogP contribution in [0.4, 0.5) is 5.69 Å². The largest absolute Gasteiger partial charge is 0.494 e. The third-order valence-electron chi connectivity index (χ3n) is 6.53. The first-order chi connectivity index (χ1) is 16.1. The number of rotatable bonds is 9. The zero-order valence-corrected chi connectivity index (χ0v) is 20.2. The molecule has 0 unspecified atom stereocenters. The Labute approximate surface area is 198 Å². The quantitative estimate of drug-likeness (QED) is 0.508. The fraction of sp³-hybridized carbons (Fsp3) is 0.536. The number of carbonyl (C=O) groups excluding carboxylic acids is 1. The molecule has 0 amide bonds. The van der Waals surface area contributed by atoms with E-state index in [2.05, 4.69) is 66.1 Å². The molecular formula is C28H38N2O3. The van der Waals surface area contributed by atoms with E-state index in [9.17, 15) is 4.79 Å². The Kier molecular flexibility index (Phi) is 8.27. The van der Waals surface area contributed by atoms with Crippen LogP contribution < -0.4 is 14.4 Å². The second-order valence-electron chi connectivity index (χ2n) is 9.52. The maximum absolute atomic E-state index is 11.7. The summed E-state index contributed by atoms with van der Waals surface area (Å²) in [5.41, 5.74) is 3.67. The van der Waals surface area contributed by atoms with Crippen LogP contribution in [0.25, 0.3) is 0 Å². The predicted molar refractivity (Wildman–Crippen MR) is 134 cm³/mol. The van der Waals surface area contributed by atoms with Crippen LogP contribution in [0.15, 0.2) is 42.5 Å². The minimum atomic E-state index is 0.181. The van der Waals surface area contributed by atoms with E-state index < -0.39 is 0 Å². The monoisotopic (exact) mass is 450 g/mol. The summed E-state index contributed by atoms with van der Waals surface area (Å²) in [5, 5.41) is 0. The second kappa shape index (κ2) is 11.6. The molecule has 0 aromatic heterocycles. The molecule has 1 fully saturated rings. The van der Waals surface area contributed by atoms with E-state index in [1.54, 1.807) is 0 Å². The van der Waals surface area contributed by atoms with Gasteiger partial charge in [-0.25, -0.2) is 0 Å². The molecule has 2 aromatic rings. The summed E-state index contributed by atoms with van der Waals surface area (Å²) in [6.07, 6.45) is 5.64. The Morgan fingerprint density at radius 2 is 1.82 bits per heavy atom. The van der Waals surface area contributed by atoms with Crippen LogP contribution in [-0.2, 0) is 17.6 Å². The summed E-state index contributed by atoms with van der Waals surface area (Å²) in [6, 6.07) is 14.7. The molecule has 178 valence electrons. The summed E-state index contributed by atoms with van der Waals surface area (Å²) in [6.45, 7) is 10.3. The molecule has 0 saturated carbocycles. The number of ketones is 1.